The molecule has 0 spiro atoms. The van der Waals surface area contributed by atoms with Crippen molar-refractivity contribution in [1.29, 1.82) is 5.26 Å². The van der Waals surface area contributed by atoms with Crippen LogP contribution in [0.2, 0.25) is 0 Å². The van der Waals surface area contributed by atoms with Gasteiger partial charge in [0.2, 0.25) is 0 Å². The molecule has 17 heavy (non-hydrogen) atoms. The topological polar surface area (TPSA) is 45.0 Å². The third kappa shape index (κ3) is 4.08. The fraction of sp³-hybridized carbons (Fsp3) is 0.500. The second-order valence-corrected chi connectivity index (χ2v) is 4.54. The van der Waals surface area contributed by atoms with Crippen molar-refractivity contribution in [2.75, 3.05) is 6.61 Å². The lowest BCUT2D eigenvalue weighted by molar-refractivity contribution is 0.362. The molecule has 3 nitrogen and oxygen atoms in total. The van der Waals surface area contributed by atoms with E-state index in [1.807, 2.05) is 19.9 Å². The van der Waals surface area contributed by atoms with Crippen molar-refractivity contribution in [3.05, 3.63) is 28.8 Å². The van der Waals surface area contributed by atoms with Crippen LogP contribution in [-0.2, 0) is 6.54 Å². The normalized spacial score (nSPS) is 10.4. The molecule has 0 atom stereocenters. The highest BCUT2D eigenvalue weighted by atomic mass is 16.5. The third-order valence-corrected chi connectivity index (χ3v) is 2.52. The van der Waals surface area contributed by atoms with Gasteiger partial charge in [-0.1, -0.05) is 26.0 Å². The third-order valence-electron chi connectivity index (χ3n) is 2.52. The molecule has 0 aromatic heterocycles. The Morgan fingerprint density at radius 1 is 1.29 bits per heavy atom. The number of nitrogens with one attached hydrogen (secondary N) is 1. The van der Waals surface area contributed by atoms with E-state index in [9.17, 15) is 0 Å². The molecular weight excluding hydrogens is 212 g/mol. The molecule has 0 bridgehead atoms. The van der Waals surface area contributed by atoms with Crippen molar-refractivity contribution in [3.63, 3.8) is 0 Å². The second-order valence-electron chi connectivity index (χ2n) is 4.54. The summed E-state index contributed by atoms with van der Waals surface area (Å²) in [5.74, 6) is 0.833. The quantitative estimate of drug-likeness (QED) is 0.849. The molecule has 0 radical (unpaired) electrons. The van der Waals surface area contributed by atoms with Gasteiger partial charge >= 0.3 is 0 Å². The first-order valence-corrected chi connectivity index (χ1v) is 5.88. The van der Waals surface area contributed by atoms with Crippen LogP contribution >= 0.6 is 0 Å². The minimum absolute atomic E-state index is 0.102. The number of aryl methyl sites for hydroxylation is 2. The lowest BCUT2D eigenvalue weighted by Gasteiger charge is -2.13. The van der Waals surface area contributed by atoms with Crippen LogP contribution in [0, 0.1) is 25.2 Å². The van der Waals surface area contributed by atoms with Gasteiger partial charge in [-0.25, -0.2) is 0 Å². The molecule has 0 amide bonds. The van der Waals surface area contributed by atoms with Gasteiger partial charge in [0.05, 0.1) is 0 Å². The number of hydrogen-bond donors (Lipinski definition) is 1. The fourth-order valence-corrected chi connectivity index (χ4v) is 1.80. The van der Waals surface area contributed by atoms with E-state index in [1.165, 1.54) is 5.56 Å². The van der Waals surface area contributed by atoms with Crippen LogP contribution in [0.15, 0.2) is 12.1 Å². The highest BCUT2D eigenvalue weighted by Gasteiger charge is 2.06. The number of ether oxygens (including phenoxy) is 1. The number of nitriles is 1. The maximum Gasteiger partial charge on any atom is 0.174 e. The zero-order valence-corrected chi connectivity index (χ0v) is 11.0. The predicted molar refractivity (Wildman–Crippen MR) is 69.0 cm³/mol. The first-order valence-electron chi connectivity index (χ1n) is 5.88. The zero-order valence-electron chi connectivity index (χ0n) is 11.0. The number of benzene rings is 1. The lowest BCUT2D eigenvalue weighted by Crippen LogP contribution is -2.21. The van der Waals surface area contributed by atoms with Gasteiger partial charge in [0, 0.05) is 12.6 Å². The maximum atomic E-state index is 8.52. The zero-order chi connectivity index (χ0) is 12.8. The molecule has 3 heteroatoms. The molecule has 1 rings (SSSR count). The van der Waals surface area contributed by atoms with E-state index >= 15 is 0 Å². The van der Waals surface area contributed by atoms with Gasteiger partial charge in [-0.2, -0.15) is 5.26 Å². The summed E-state index contributed by atoms with van der Waals surface area (Å²) < 4.78 is 5.42. The number of rotatable bonds is 5. The molecule has 1 aromatic carbocycles. The Labute approximate surface area is 103 Å². The monoisotopic (exact) mass is 232 g/mol. The first kappa shape index (κ1) is 13.5. The van der Waals surface area contributed by atoms with Crippen LogP contribution in [0.25, 0.3) is 0 Å². The molecule has 0 fully saturated rings. The molecule has 0 saturated heterocycles. The second kappa shape index (κ2) is 6.27. The van der Waals surface area contributed by atoms with Crippen LogP contribution in [0.5, 0.6) is 5.75 Å². The molecule has 0 aliphatic rings. The van der Waals surface area contributed by atoms with E-state index in [0.717, 1.165) is 23.4 Å². The van der Waals surface area contributed by atoms with Gasteiger partial charge in [-0.05, 0) is 30.5 Å². The van der Waals surface area contributed by atoms with Crippen molar-refractivity contribution >= 4 is 0 Å². The largest absolute Gasteiger partial charge is 0.478 e. The molecule has 0 unspecified atom stereocenters. The minimum atomic E-state index is 0.102. The summed E-state index contributed by atoms with van der Waals surface area (Å²) in [5, 5.41) is 11.9. The van der Waals surface area contributed by atoms with Crippen molar-refractivity contribution in [2.24, 2.45) is 0 Å². The SMILES string of the molecule is Cc1cc(CNC(C)C)cc(C)c1OCC#N. The van der Waals surface area contributed by atoms with Gasteiger partial charge in [-0.3, -0.25) is 0 Å². The predicted octanol–water partition coefficient (Wildman–Crippen LogP) is 2.70. The highest BCUT2D eigenvalue weighted by molar-refractivity contribution is 5.43. The number of nitrogens with zero attached hydrogens (tertiary/aromatic N) is 1. The Morgan fingerprint density at radius 3 is 2.35 bits per heavy atom. The summed E-state index contributed by atoms with van der Waals surface area (Å²) in [4.78, 5) is 0. The van der Waals surface area contributed by atoms with Crippen LogP contribution < -0.4 is 10.1 Å². The van der Waals surface area contributed by atoms with E-state index in [0.29, 0.717) is 6.04 Å². The van der Waals surface area contributed by atoms with Gasteiger partial charge < -0.3 is 10.1 Å². The fourth-order valence-electron chi connectivity index (χ4n) is 1.80. The summed E-state index contributed by atoms with van der Waals surface area (Å²) in [6.45, 7) is 9.24. The van der Waals surface area contributed by atoms with Crippen molar-refractivity contribution in [3.8, 4) is 11.8 Å². The first-order chi connectivity index (χ1) is 8.04. The number of hydrogen-bond acceptors (Lipinski definition) is 3. The molecule has 1 aromatic rings. The van der Waals surface area contributed by atoms with Crippen LogP contribution in [0.1, 0.15) is 30.5 Å². The van der Waals surface area contributed by atoms with E-state index in [-0.39, 0.29) is 6.61 Å². The molecule has 92 valence electrons. The van der Waals surface area contributed by atoms with Gasteiger partial charge in [-0.15, -0.1) is 0 Å². The Kier molecular flexibility index (Phi) is 4.99. The Hall–Kier alpha value is -1.53. The average molecular weight is 232 g/mol. The standard InChI is InChI=1S/C14H20N2O/c1-10(2)16-9-13-7-11(3)14(12(4)8-13)17-6-5-15/h7-8,10,16H,6,9H2,1-4H3. The Bertz CT molecular complexity index is 396. The van der Waals surface area contributed by atoms with E-state index in [1.54, 1.807) is 0 Å². The highest BCUT2D eigenvalue weighted by Crippen LogP contribution is 2.24. The van der Waals surface area contributed by atoms with E-state index in [4.69, 9.17) is 10.00 Å². The van der Waals surface area contributed by atoms with Crippen molar-refractivity contribution < 1.29 is 4.74 Å². The van der Waals surface area contributed by atoms with E-state index < -0.39 is 0 Å². The van der Waals surface area contributed by atoms with Crippen molar-refractivity contribution in [1.82, 2.24) is 5.32 Å². The van der Waals surface area contributed by atoms with Gasteiger partial charge in [0.1, 0.15) is 11.8 Å². The summed E-state index contributed by atoms with van der Waals surface area (Å²) in [5.41, 5.74) is 3.42. The lowest BCUT2D eigenvalue weighted by atomic mass is 10.1. The smallest absolute Gasteiger partial charge is 0.174 e. The molecule has 0 saturated carbocycles. The minimum Gasteiger partial charge on any atom is -0.478 e. The Morgan fingerprint density at radius 2 is 1.88 bits per heavy atom. The summed E-state index contributed by atoms with van der Waals surface area (Å²) in [6, 6.07) is 6.68. The van der Waals surface area contributed by atoms with E-state index in [2.05, 4.69) is 31.3 Å². The summed E-state index contributed by atoms with van der Waals surface area (Å²) in [7, 11) is 0. The Balaban J connectivity index is 2.82. The summed E-state index contributed by atoms with van der Waals surface area (Å²) in [6.07, 6.45) is 0. The molecule has 0 heterocycles. The van der Waals surface area contributed by atoms with Gasteiger partial charge in [0.25, 0.3) is 0 Å². The molecular formula is C14H20N2O. The van der Waals surface area contributed by atoms with Crippen LogP contribution in [0.3, 0.4) is 0 Å². The molecule has 0 aliphatic carbocycles. The van der Waals surface area contributed by atoms with Gasteiger partial charge in [0.15, 0.2) is 6.61 Å². The van der Waals surface area contributed by atoms with Crippen LogP contribution in [-0.4, -0.2) is 12.6 Å². The molecule has 0 aliphatic heterocycles. The maximum absolute atomic E-state index is 8.52. The average Bonchev–Trinajstić information content (AvgIpc) is 2.25. The summed E-state index contributed by atoms with van der Waals surface area (Å²) >= 11 is 0. The van der Waals surface area contributed by atoms with Crippen LogP contribution in [0.4, 0.5) is 0 Å². The molecule has 1 N–H and O–H groups in total. The van der Waals surface area contributed by atoms with Crippen molar-refractivity contribution in [2.45, 2.75) is 40.3 Å².